The minimum atomic E-state index is -0.244. The van der Waals surface area contributed by atoms with Crippen molar-refractivity contribution in [2.75, 3.05) is 16.9 Å². The largest absolute Gasteiger partial charge is 0.312 e. The number of hydrazone groups is 1. The van der Waals surface area contributed by atoms with Gasteiger partial charge >= 0.3 is 0 Å². The van der Waals surface area contributed by atoms with Gasteiger partial charge in [0.1, 0.15) is 12.1 Å². The van der Waals surface area contributed by atoms with E-state index in [9.17, 15) is 4.79 Å². The Hall–Kier alpha value is -2.86. The lowest BCUT2D eigenvalue weighted by molar-refractivity contribution is -0.116. The summed E-state index contributed by atoms with van der Waals surface area (Å²) in [5.41, 5.74) is 5.03. The first kappa shape index (κ1) is 13.6. The normalized spacial score (nSPS) is 12.7. The van der Waals surface area contributed by atoms with E-state index in [1.54, 1.807) is 17.0 Å². The van der Waals surface area contributed by atoms with Crippen LogP contribution in [0.3, 0.4) is 0 Å². The molecule has 0 fully saturated rings. The molecule has 6 heteroatoms. The van der Waals surface area contributed by atoms with E-state index in [0.717, 1.165) is 24.1 Å². The maximum absolute atomic E-state index is 11.6. The quantitative estimate of drug-likeness (QED) is 0.653. The van der Waals surface area contributed by atoms with Crippen molar-refractivity contribution < 1.29 is 4.79 Å². The third-order valence-electron chi connectivity index (χ3n) is 3.09. The lowest BCUT2D eigenvalue weighted by Gasteiger charge is -2.28. The van der Waals surface area contributed by atoms with E-state index >= 15 is 0 Å². The van der Waals surface area contributed by atoms with E-state index < -0.39 is 0 Å². The molecule has 1 amide bonds. The summed E-state index contributed by atoms with van der Waals surface area (Å²) in [7, 11) is 0. The van der Waals surface area contributed by atoms with E-state index in [0.29, 0.717) is 12.2 Å². The monoisotopic (exact) mass is 267 g/mol. The number of amides is 1. The third-order valence-corrected chi connectivity index (χ3v) is 3.09. The molecule has 0 radical (unpaired) electrons. The van der Waals surface area contributed by atoms with Crippen LogP contribution >= 0.6 is 0 Å². The van der Waals surface area contributed by atoms with Crippen LogP contribution in [0, 0.1) is 22.7 Å². The average molecular weight is 267 g/mol. The molecule has 100 valence electrons. The zero-order chi connectivity index (χ0) is 14.5. The molecule has 0 saturated carbocycles. The van der Waals surface area contributed by atoms with Crippen LogP contribution in [0.5, 0.6) is 0 Å². The van der Waals surface area contributed by atoms with Crippen LogP contribution in [-0.4, -0.2) is 18.2 Å². The number of nitrogens with zero attached hydrogens (tertiary/aromatic N) is 4. The number of hydrogen-bond acceptors (Lipinski definition) is 5. The molecule has 2 rings (SSSR count). The fourth-order valence-corrected chi connectivity index (χ4v) is 2.17. The minimum Gasteiger partial charge on any atom is -0.312 e. The molecule has 0 aliphatic carbocycles. The van der Waals surface area contributed by atoms with Crippen LogP contribution in [0.25, 0.3) is 0 Å². The van der Waals surface area contributed by atoms with Crippen molar-refractivity contribution >= 4 is 23.0 Å². The summed E-state index contributed by atoms with van der Waals surface area (Å²) < 4.78 is 0. The summed E-state index contributed by atoms with van der Waals surface area (Å²) in [5, 5.41) is 20.9. The Labute approximate surface area is 116 Å². The Kier molecular flexibility index (Phi) is 3.97. The van der Waals surface area contributed by atoms with Gasteiger partial charge in [0.2, 0.25) is 11.6 Å². The molecule has 0 bridgehead atoms. The highest BCUT2D eigenvalue weighted by Crippen LogP contribution is 2.30. The van der Waals surface area contributed by atoms with Gasteiger partial charge in [-0.3, -0.25) is 10.2 Å². The van der Waals surface area contributed by atoms with E-state index in [2.05, 4.69) is 10.5 Å². The van der Waals surface area contributed by atoms with Gasteiger partial charge in [-0.1, -0.05) is 6.07 Å². The number of hydrogen-bond donors (Lipinski definition) is 1. The van der Waals surface area contributed by atoms with Crippen molar-refractivity contribution in [3.8, 4) is 12.1 Å². The second kappa shape index (κ2) is 5.85. The van der Waals surface area contributed by atoms with Gasteiger partial charge in [-0.2, -0.15) is 15.6 Å². The van der Waals surface area contributed by atoms with Crippen LogP contribution in [0.4, 0.5) is 11.4 Å². The van der Waals surface area contributed by atoms with Crippen LogP contribution in [-0.2, 0) is 11.2 Å². The highest BCUT2D eigenvalue weighted by atomic mass is 16.2. The summed E-state index contributed by atoms with van der Waals surface area (Å²) in [4.78, 5) is 13.3. The Balaban J connectivity index is 2.29. The van der Waals surface area contributed by atoms with Crippen LogP contribution in [0.1, 0.15) is 18.9 Å². The number of nitrogens with one attached hydrogen (secondary N) is 1. The molecule has 0 spiro atoms. The molecule has 20 heavy (non-hydrogen) atoms. The first-order chi connectivity index (χ1) is 9.65. The zero-order valence-corrected chi connectivity index (χ0v) is 11.1. The summed E-state index contributed by atoms with van der Waals surface area (Å²) in [6, 6.07) is 8.91. The lowest BCUT2D eigenvalue weighted by Crippen LogP contribution is -2.33. The summed E-state index contributed by atoms with van der Waals surface area (Å²) in [6.45, 7) is 2.24. The van der Waals surface area contributed by atoms with E-state index in [1.807, 2.05) is 18.2 Å². The summed E-state index contributed by atoms with van der Waals surface area (Å²) in [6.07, 6.45) is 1.88. The van der Waals surface area contributed by atoms with E-state index in [4.69, 9.17) is 10.5 Å². The number of aryl methyl sites for hydroxylation is 1. The van der Waals surface area contributed by atoms with Crippen molar-refractivity contribution in [2.24, 2.45) is 5.10 Å². The molecule has 6 nitrogen and oxygen atoms in total. The SMILES string of the molecule is CC(=O)N1CCCc2ccc(NN=C(C#N)C#N)cc21. The molecule has 0 unspecified atom stereocenters. The number of fused-ring (bicyclic) bond motifs is 1. The van der Waals surface area contributed by atoms with Crippen molar-refractivity contribution in [2.45, 2.75) is 19.8 Å². The van der Waals surface area contributed by atoms with Gasteiger partial charge in [0, 0.05) is 19.2 Å². The molecule has 0 atom stereocenters. The summed E-state index contributed by atoms with van der Waals surface area (Å²) in [5.74, 6) is 0.00124. The molecular weight excluding hydrogens is 254 g/mol. The topological polar surface area (TPSA) is 92.3 Å². The maximum atomic E-state index is 11.6. The molecule has 1 N–H and O–H groups in total. The molecular formula is C14H13N5O. The number of nitriles is 2. The average Bonchev–Trinajstić information content (AvgIpc) is 2.47. The van der Waals surface area contributed by atoms with Crippen molar-refractivity contribution in [3.63, 3.8) is 0 Å². The Morgan fingerprint density at radius 2 is 2.15 bits per heavy atom. The first-order valence-electron chi connectivity index (χ1n) is 6.20. The molecule has 1 aliphatic heterocycles. The fraction of sp³-hybridized carbons (Fsp3) is 0.286. The molecule has 1 aromatic rings. The fourth-order valence-electron chi connectivity index (χ4n) is 2.17. The van der Waals surface area contributed by atoms with Gasteiger partial charge in [0.05, 0.1) is 5.69 Å². The number of benzene rings is 1. The zero-order valence-electron chi connectivity index (χ0n) is 11.1. The predicted molar refractivity (Wildman–Crippen MR) is 75.1 cm³/mol. The second-order valence-corrected chi connectivity index (χ2v) is 4.41. The van der Waals surface area contributed by atoms with Gasteiger partial charge in [-0.05, 0) is 30.5 Å². The molecule has 1 heterocycles. The van der Waals surface area contributed by atoms with Gasteiger partial charge in [0.25, 0.3) is 0 Å². The smallest absolute Gasteiger partial charge is 0.237 e. The number of carbonyl (C=O) groups is 1. The molecule has 0 aromatic heterocycles. The summed E-state index contributed by atoms with van der Waals surface area (Å²) >= 11 is 0. The Bertz CT molecular complexity index is 635. The van der Waals surface area contributed by atoms with Gasteiger partial charge < -0.3 is 4.90 Å². The first-order valence-corrected chi connectivity index (χ1v) is 6.20. The third kappa shape index (κ3) is 2.76. The van der Waals surface area contributed by atoms with Gasteiger partial charge in [0.15, 0.2) is 0 Å². The minimum absolute atomic E-state index is 0.00124. The molecule has 0 saturated heterocycles. The Morgan fingerprint density at radius 1 is 1.40 bits per heavy atom. The standard InChI is InChI=1S/C14H13N5O/c1-10(20)19-6-2-3-11-4-5-12(7-14(11)19)17-18-13(8-15)9-16/h4-5,7,17H,2-3,6H2,1H3. The number of carbonyl (C=O) groups excluding carboxylic acids is 1. The Morgan fingerprint density at radius 3 is 2.80 bits per heavy atom. The maximum Gasteiger partial charge on any atom is 0.237 e. The van der Waals surface area contributed by atoms with Crippen LogP contribution in [0.15, 0.2) is 23.3 Å². The van der Waals surface area contributed by atoms with Gasteiger partial charge in [-0.15, -0.1) is 0 Å². The predicted octanol–water partition coefficient (Wildman–Crippen LogP) is 1.80. The number of rotatable bonds is 2. The second-order valence-electron chi connectivity index (χ2n) is 4.41. The highest BCUT2D eigenvalue weighted by molar-refractivity contribution is 6.10. The highest BCUT2D eigenvalue weighted by Gasteiger charge is 2.20. The van der Waals surface area contributed by atoms with Crippen LogP contribution in [0.2, 0.25) is 0 Å². The van der Waals surface area contributed by atoms with Crippen molar-refractivity contribution in [3.05, 3.63) is 23.8 Å². The lowest BCUT2D eigenvalue weighted by atomic mass is 10.0. The van der Waals surface area contributed by atoms with E-state index in [-0.39, 0.29) is 11.6 Å². The molecule has 1 aliphatic rings. The van der Waals surface area contributed by atoms with Crippen molar-refractivity contribution in [1.29, 1.82) is 10.5 Å². The van der Waals surface area contributed by atoms with Crippen molar-refractivity contribution in [1.82, 2.24) is 0 Å². The molecule has 1 aromatic carbocycles. The van der Waals surface area contributed by atoms with E-state index in [1.165, 1.54) is 6.92 Å². The number of anilines is 2. The van der Waals surface area contributed by atoms with Gasteiger partial charge in [-0.25, -0.2) is 0 Å². The van der Waals surface area contributed by atoms with Crippen LogP contribution < -0.4 is 10.3 Å².